The van der Waals surface area contributed by atoms with Gasteiger partial charge in [0.1, 0.15) is 5.75 Å². The molecule has 0 aliphatic heterocycles. The van der Waals surface area contributed by atoms with E-state index in [1.54, 1.807) is 7.11 Å². The quantitative estimate of drug-likeness (QED) is 0.736. The Morgan fingerprint density at radius 1 is 1.18 bits per heavy atom. The molecule has 0 bridgehead atoms. The second-order valence-electron chi connectivity index (χ2n) is 4.02. The lowest BCUT2D eigenvalue weighted by molar-refractivity contribution is 0.414. The molecular formula is C14H15BrOS. The van der Waals surface area contributed by atoms with Gasteiger partial charge in [-0.2, -0.15) is 0 Å². The molecule has 0 radical (unpaired) electrons. The van der Waals surface area contributed by atoms with E-state index in [0.717, 1.165) is 5.75 Å². The third kappa shape index (κ3) is 2.72. The van der Waals surface area contributed by atoms with Crippen LogP contribution in [0.25, 0.3) is 0 Å². The van der Waals surface area contributed by atoms with E-state index in [2.05, 4.69) is 48.0 Å². The van der Waals surface area contributed by atoms with E-state index >= 15 is 0 Å². The fraction of sp³-hybridized carbons (Fsp3) is 0.286. The van der Waals surface area contributed by atoms with Gasteiger partial charge in [0, 0.05) is 9.75 Å². The molecule has 0 N–H and O–H groups in total. The predicted octanol–water partition coefficient (Wildman–Crippen LogP) is 4.86. The average molecular weight is 311 g/mol. The molecule has 90 valence electrons. The maximum atomic E-state index is 5.17. The standard InChI is InChI=1S/C14H15BrOS/c1-9-8-13(17-10(9)2)14(15)11-4-6-12(16-3)7-5-11/h4-8,14H,1-3H3. The zero-order valence-corrected chi connectivity index (χ0v) is 12.6. The molecule has 1 aromatic heterocycles. The summed E-state index contributed by atoms with van der Waals surface area (Å²) in [4.78, 5) is 3.01. The minimum atomic E-state index is 0.269. The van der Waals surface area contributed by atoms with E-state index in [9.17, 15) is 0 Å². The first-order chi connectivity index (χ1) is 8.11. The first-order valence-corrected chi connectivity index (χ1v) is 7.20. The van der Waals surface area contributed by atoms with E-state index in [-0.39, 0.29) is 4.83 Å². The number of aryl methyl sites for hydroxylation is 2. The van der Waals surface area contributed by atoms with Gasteiger partial charge in [0.25, 0.3) is 0 Å². The third-order valence-corrected chi connectivity index (χ3v) is 5.39. The molecule has 2 aromatic rings. The molecule has 0 aliphatic rings. The number of hydrogen-bond donors (Lipinski definition) is 0. The largest absolute Gasteiger partial charge is 0.497 e. The van der Waals surface area contributed by atoms with E-state index < -0.39 is 0 Å². The van der Waals surface area contributed by atoms with Crippen LogP contribution in [0.2, 0.25) is 0 Å². The van der Waals surface area contributed by atoms with Gasteiger partial charge in [0.05, 0.1) is 11.9 Å². The summed E-state index contributed by atoms with van der Waals surface area (Å²) in [6, 6.07) is 10.4. The van der Waals surface area contributed by atoms with E-state index in [4.69, 9.17) is 4.74 Å². The van der Waals surface area contributed by atoms with Gasteiger partial charge in [-0.25, -0.2) is 0 Å². The molecule has 2 rings (SSSR count). The summed E-state index contributed by atoms with van der Waals surface area (Å²) >= 11 is 5.61. The number of alkyl halides is 1. The minimum absolute atomic E-state index is 0.269. The van der Waals surface area contributed by atoms with Crippen molar-refractivity contribution in [2.75, 3.05) is 7.11 Å². The van der Waals surface area contributed by atoms with Crippen molar-refractivity contribution in [1.29, 1.82) is 0 Å². The van der Waals surface area contributed by atoms with Crippen LogP contribution in [0.15, 0.2) is 30.3 Å². The zero-order chi connectivity index (χ0) is 12.4. The Morgan fingerprint density at radius 2 is 1.82 bits per heavy atom. The van der Waals surface area contributed by atoms with Gasteiger partial charge in [0.15, 0.2) is 0 Å². The number of halogens is 1. The van der Waals surface area contributed by atoms with Crippen LogP contribution in [-0.4, -0.2) is 7.11 Å². The molecule has 0 amide bonds. The molecule has 0 fully saturated rings. The monoisotopic (exact) mass is 310 g/mol. The fourth-order valence-corrected chi connectivity index (χ4v) is 3.43. The second-order valence-corrected chi connectivity index (χ2v) is 6.23. The van der Waals surface area contributed by atoms with Crippen molar-refractivity contribution >= 4 is 27.3 Å². The van der Waals surface area contributed by atoms with Crippen LogP contribution in [0.3, 0.4) is 0 Å². The molecule has 0 saturated carbocycles. The minimum Gasteiger partial charge on any atom is -0.497 e. The van der Waals surface area contributed by atoms with Crippen LogP contribution in [0, 0.1) is 13.8 Å². The first-order valence-electron chi connectivity index (χ1n) is 5.46. The molecule has 0 spiro atoms. The van der Waals surface area contributed by atoms with E-state index in [0.29, 0.717) is 0 Å². The number of ether oxygens (including phenoxy) is 1. The second kappa shape index (κ2) is 5.23. The van der Waals surface area contributed by atoms with Crippen molar-refractivity contribution in [3.8, 4) is 5.75 Å². The van der Waals surface area contributed by atoms with E-state index in [1.165, 1.54) is 20.9 Å². The van der Waals surface area contributed by atoms with Gasteiger partial charge in [0.2, 0.25) is 0 Å². The summed E-state index contributed by atoms with van der Waals surface area (Å²) in [5.41, 5.74) is 2.62. The molecule has 1 aromatic carbocycles. The van der Waals surface area contributed by atoms with Crippen molar-refractivity contribution in [3.63, 3.8) is 0 Å². The Bertz CT molecular complexity index is 482. The number of hydrogen-bond acceptors (Lipinski definition) is 2. The van der Waals surface area contributed by atoms with Crippen LogP contribution < -0.4 is 4.74 Å². The van der Waals surface area contributed by atoms with Crippen molar-refractivity contribution in [1.82, 2.24) is 0 Å². The maximum absolute atomic E-state index is 5.17. The zero-order valence-electron chi connectivity index (χ0n) is 10.2. The Hall–Kier alpha value is -0.800. The lowest BCUT2D eigenvalue weighted by Crippen LogP contribution is -1.90. The lowest BCUT2D eigenvalue weighted by Gasteiger charge is -2.08. The van der Waals surface area contributed by atoms with Crippen LogP contribution in [-0.2, 0) is 0 Å². The Kier molecular flexibility index (Phi) is 3.89. The topological polar surface area (TPSA) is 9.23 Å². The highest BCUT2D eigenvalue weighted by Gasteiger charge is 2.13. The summed E-state index contributed by atoms with van der Waals surface area (Å²) in [6.07, 6.45) is 0. The molecule has 1 nitrogen and oxygen atoms in total. The fourth-order valence-electron chi connectivity index (χ4n) is 1.66. The number of methoxy groups -OCH3 is 1. The SMILES string of the molecule is COc1ccc(C(Br)c2cc(C)c(C)s2)cc1. The van der Waals surface area contributed by atoms with Crippen LogP contribution in [0.4, 0.5) is 0 Å². The van der Waals surface area contributed by atoms with Gasteiger partial charge in [-0.1, -0.05) is 28.1 Å². The van der Waals surface area contributed by atoms with Gasteiger partial charge in [-0.05, 0) is 43.2 Å². The molecule has 1 heterocycles. The van der Waals surface area contributed by atoms with Crippen LogP contribution in [0.1, 0.15) is 25.7 Å². The summed E-state index contributed by atoms with van der Waals surface area (Å²) in [6.45, 7) is 4.32. The summed E-state index contributed by atoms with van der Waals surface area (Å²) in [5.74, 6) is 0.895. The molecule has 3 heteroatoms. The highest BCUT2D eigenvalue weighted by molar-refractivity contribution is 9.09. The van der Waals surface area contributed by atoms with Gasteiger partial charge in [-0.3, -0.25) is 0 Å². The molecule has 1 unspecified atom stereocenters. The van der Waals surface area contributed by atoms with E-state index in [1.807, 2.05) is 23.5 Å². The summed E-state index contributed by atoms with van der Waals surface area (Å²) < 4.78 is 5.17. The van der Waals surface area contributed by atoms with Gasteiger partial charge < -0.3 is 4.74 Å². The van der Waals surface area contributed by atoms with Crippen molar-refractivity contribution in [3.05, 3.63) is 51.2 Å². The van der Waals surface area contributed by atoms with Crippen LogP contribution in [0.5, 0.6) is 5.75 Å². The highest BCUT2D eigenvalue weighted by atomic mass is 79.9. The maximum Gasteiger partial charge on any atom is 0.118 e. The molecular weight excluding hydrogens is 296 g/mol. The number of thiophene rings is 1. The Balaban J connectivity index is 2.26. The molecule has 17 heavy (non-hydrogen) atoms. The highest BCUT2D eigenvalue weighted by Crippen LogP contribution is 2.37. The summed E-state index contributed by atoms with van der Waals surface area (Å²) in [5, 5.41) is 0. The molecule has 0 saturated heterocycles. The third-order valence-electron chi connectivity index (χ3n) is 2.84. The first kappa shape index (κ1) is 12.7. The normalized spacial score (nSPS) is 12.5. The average Bonchev–Trinajstić information content (AvgIpc) is 2.69. The van der Waals surface area contributed by atoms with Crippen molar-refractivity contribution in [2.45, 2.75) is 18.7 Å². The molecule has 1 atom stereocenters. The number of rotatable bonds is 3. The van der Waals surface area contributed by atoms with Gasteiger partial charge >= 0.3 is 0 Å². The smallest absolute Gasteiger partial charge is 0.118 e. The van der Waals surface area contributed by atoms with Crippen LogP contribution >= 0.6 is 27.3 Å². The number of benzene rings is 1. The Morgan fingerprint density at radius 3 is 2.29 bits per heavy atom. The predicted molar refractivity (Wildman–Crippen MR) is 77.6 cm³/mol. The lowest BCUT2D eigenvalue weighted by atomic mass is 10.1. The van der Waals surface area contributed by atoms with Crippen molar-refractivity contribution < 1.29 is 4.74 Å². The van der Waals surface area contributed by atoms with Gasteiger partial charge in [-0.15, -0.1) is 11.3 Å². The summed E-state index contributed by atoms with van der Waals surface area (Å²) in [7, 11) is 1.69. The molecule has 0 aliphatic carbocycles. The van der Waals surface area contributed by atoms with Crippen molar-refractivity contribution in [2.24, 2.45) is 0 Å². The Labute approximate surface area is 115 Å².